The number of hydrogen-bond donors (Lipinski definition) is 2. The van der Waals surface area contributed by atoms with Crippen LogP contribution in [0.4, 0.5) is 0 Å². The normalized spacial score (nSPS) is 15.1. The zero-order valence-electron chi connectivity index (χ0n) is 13.3. The molecular formula is C17H29NO2. The molecule has 0 saturated carbocycles. The topological polar surface area (TPSA) is 41.5 Å². The summed E-state index contributed by atoms with van der Waals surface area (Å²) in [5, 5.41) is 13.1. The summed E-state index contributed by atoms with van der Waals surface area (Å²) in [4.78, 5) is 0. The standard InChI is InChI=1S/C17H29NO2/c1-16(2,3)10-12-20-13-11-17(14-19,18-4)15-8-6-5-7-9-15/h5-9,18-19H,10-14H2,1-4H3. The molecule has 0 aliphatic rings. The summed E-state index contributed by atoms with van der Waals surface area (Å²) in [5.41, 5.74) is 0.990. The number of ether oxygens (including phenoxy) is 1. The van der Waals surface area contributed by atoms with E-state index in [2.05, 4.69) is 26.1 Å². The van der Waals surface area contributed by atoms with E-state index in [1.165, 1.54) is 0 Å². The first-order valence-corrected chi connectivity index (χ1v) is 7.36. The van der Waals surface area contributed by atoms with E-state index < -0.39 is 5.54 Å². The lowest BCUT2D eigenvalue weighted by Crippen LogP contribution is -2.44. The van der Waals surface area contributed by atoms with Crippen molar-refractivity contribution in [3.63, 3.8) is 0 Å². The minimum absolute atomic E-state index is 0.0656. The molecular weight excluding hydrogens is 250 g/mol. The van der Waals surface area contributed by atoms with E-state index in [0.29, 0.717) is 12.0 Å². The second-order valence-corrected chi connectivity index (χ2v) is 6.53. The van der Waals surface area contributed by atoms with Gasteiger partial charge in [-0.05, 0) is 30.9 Å². The molecule has 0 aliphatic heterocycles. The van der Waals surface area contributed by atoms with E-state index >= 15 is 0 Å². The average Bonchev–Trinajstić information content (AvgIpc) is 2.43. The van der Waals surface area contributed by atoms with E-state index in [1.54, 1.807) is 0 Å². The van der Waals surface area contributed by atoms with Crippen LogP contribution in [0.1, 0.15) is 39.2 Å². The molecule has 114 valence electrons. The molecule has 0 bridgehead atoms. The molecule has 0 aliphatic carbocycles. The predicted molar refractivity (Wildman–Crippen MR) is 83.8 cm³/mol. The van der Waals surface area contributed by atoms with Gasteiger partial charge in [0.15, 0.2) is 0 Å². The van der Waals surface area contributed by atoms with Crippen LogP contribution in [0.3, 0.4) is 0 Å². The van der Waals surface area contributed by atoms with Crippen molar-refractivity contribution in [2.75, 3.05) is 26.9 Å². The first kappa shape index (κ1) is 17.2. The highest BCUT2D eigenvalue weighted by atomic mass is 16.5. The van der Waals surface area contributed by atoms with Crippen molar-refractivity contribution in [3.05, 3.63) is 35.9 Å². The van der Waals surface area contributed by atoms with Crippen LogP contribution in [0.25, 0.3) is 0 Å². The highest BCUT2D eigenvalue weighted by molar-refractivity contribution is 5.24. The quantitative estimate of drug-likeness (QED) is 0.719. The molecule has 0 radical (unpaired) electrons. The number of nitrogens with one attached hydrogen (secondary N) is 1. The maximum absolute atomic E-state index is 9.80. The number of hydrogen-bond acceptors (Lipinski definition) is 3. The molecule has 1 atom stereocenters. The third-order valence-corrected chi connectivity index (χ3v) is 3.74. The lowest BCUT2D eigenvalue weighted by molar-refractivity contribution is 0.0694. The molecule has 3 heteroatoms. The maximum atomic E-state index is 9.80. The Balaban J connectivity index is 2.52. The highest BCUT2D eigenvalue weighted by Gasteiger charge is 2.29. The lowest BCUT2D eigenvalue weighted by Gasteiger charge is -2.32. The van der Waals surface area contributed by atoms with E-state index in [-0.39, 0.29) is 6.61 Å². The fourth-order valence-corrected chi connectivity index (χ4v) is 2.15. The van der Waals surface area contributed by atoms with Crippen molar-refractivity contribution in [1.82, 2.24) is 5.32 Å². The maximum Gasteiger partial charge on any atom is 0.0688 e. The van der Waals surface area contributed by atoms with Gasteiger partial charge in [0.05, 0.1) is 12.1 Å². The summed E-state index contributed by atoms with van der Waals surface area (Å²) in [6.45, 7) is 8.12. The summed E-state index contributed by atoms with van der Waals surface area (Å²) in [6.07, 6.45) is 1.80. The van der Waals surface area contributed by atoms with Gasteiger partial charge >= 0.3 is 0 Å². The summed E-state index contributed by atoms with van der Waals surface area (Å²) in [7, 11) is 1.89. The molecule has 1 unspecified atom stereocenters. The molecule has 0 aromatic heterocycles. The average molecular weight is 279 g/mol. The Kier molecular flexibility index (Phi) is 6.66. The number of aliphatic hydroxyl groups is 1. The van der Waals surface area contributed by atoms with Crippen molar-refractivity contribution in [2.45, 2.75) is 39.2 Å². The van der Waals surface area contributed by atoms with Gasteiger partial charge in [-0.2, -0.15) is 0 Å². The molecule has 0 heterocycles. The first-order valence-electron chi connectivity index (χ1n) is 7.36. The van der Waals surface area contributed by atoms with E-state index in [1.807, 2.05) is 37.4 Å². The first-order chi connectivity index (χ1) is 9.43. The van der Waals surface area contributed by atoms with Crippen LogP contribution >= 0.6 is 0 Å². The third-order valence-electron chi connectivity index (χ3n) is 3.74. The largest absolute Gasteiger partial charge is 0.394 e. The van der Waals surface area contributed by atoms with Crippen LogP contribution < -0.4 is 5.32 Å². The Morgan fingerprint density at radius 2 is 1.65 bits per heavy atom. The molecule has 0 amide bonds. The van der Waals surface area contributed by atoms with Crippen LogP contribution in [-0.4, -0.2) is 32.0 Å². The van der Waals surface area contributed by atoms with Crippen LogP contribution in [0.2, 0.25) is 0 Å². The zero-order valence-corrected chi connectivity index (χ0v) is 13.3. The number of likely N-dealkylation sites (N-methyl/N-ethyl adjacent to an activating group) is 1. The Bertz CT molecular complexity index is 366. The lowest BCUT2D eigenvalue weighted by atomic mass is 9.88. The molecule has 1 aromatic rings. The molecule has 1 rings (SSSR count). The fourth-order valence-electron chi connectivity index (χ4n) is 2.15. The van der Waals surface area contributed by atoms with Gasteiger partial charge in [0.1, 0.15) is 0 Å². The van der Waals surface area contributed by atoms with Gasteiger partial charge in [0.2, 0.25) is 0 Å². The molecule has 0 saturated heterocycles. The van der Waals surface area contributed by atoms with Gasteiger partial charge in [0, 0.05) is 13.2 Å². The van der Waals surface area contributed by atoms with Crippen molar-refractivity contribution in [1.29, 1.82) is 0 Å². The summed E-state index contributed by atoms with van der Waals surface area (Å²) in [5.74, 6) is 0. The van der Waals surface area contributed by atoms with Crippen LogP contribution in [-0.2, 0) is 10.3 Å². The van der Waals surface area contributed by atoms with Crippen molar-refractivity contribution in [3.8, 4) is 0 Å². The van der Waals surface area contributed by atoms with Crippen molar-refractivity contribution < 1.29 is 9.84 Å². The second kappa shape index (κ2) is 7.77. The van der Waals surface area contributed by atoms with Crippen LogP contribution in [0, 0.1) is 5.41 Å². The van der Waals surface area contributed by atoms with Crippen LogP contribution in [0.5, 0.6) is 0 Å². The summed E-state index contributed by atoms with van der Waals surface area (Å²) in [6, 6.07) is 10.1. The summed E-state index contributed by atoms with van der Waals surface area (Å²) < 4.78 is 5.74. The van der Waals surface area contributed by atoms with Gasteiger partial charge in [-0.3, -0.25) is 0 Å². The molecule has 1 aromatic carbocycles. The van der Waals surface area contributed by atoms with Gasteiger partial charge in [-0.1, -0.05) is 51.1 Å². The molecule has 0 spiro atoms. The SMILES string of the molecule is CNC(CO)(CCOCCC(C)(C)C)c1ccccc1. The Hall–Kier alpha value is -0.900. The fraction of sp³-hybridized carbons (Fsp3) is 0.647. The molecule has 2 N–H and O–H groups in total. The van der Waals surface area contributed by atoms with Gasteiger partial charge < -0.3 is 15.2 Å². The number of benzene rings is 1. The number of rotatable bonds is 8. The molecule has 20 heavy (non-hydrogen) atoms. The van der Waals surface area contributed by atoms with Gasteiger partial charge in [-0.15, -0.1) is 0 Å². The Morgan fingerprint density at radius 3 is 2.15 bits per heavy atom. The minimum atomic E-state index is -0.414. The van der Waals surface area contributed by atoms with Crippen molar-refractivity contribution in [2.24, 2.45) is 5.41 Å². The highest BCUT2D eigenvalue weighted by Crippen LogP contribution is 2.24. The Labute approximate surface area is 123 Å². The van der Waals surface area contributed by atoms with Gasteiger partial charge in [-0.25, -0.2) is 0 Å². The minimum Gasteiger partial charge on any atom is -0.394 e. The van der Waals surface area contributed by atoms with E-state index in [9.17, 15) is 5.11 Å². The number of aliphatic hydroxyl groups excluding tert-OH is 1. The second-order valence-electron chi connectivity index (χ2n) is 6.53. The van der Waals surface area contributed by atoms with E-state index in [0.717, 1.165) is 25.0 Å². The van der Waals surface area contributed by atoms with E-state index in [4.69, 9.17) is 4.74 Å². The zero-order chi connectivity index (χ0) is 15.1. The molecule has 0 fully saturated rings. The van der Waals surface area contributed by atoms with Gasteiger partial charge in [0.25, 0.3) is 0 Å². The van der Waals surface area contributed by atoms with Crippen LogP contribution in [0.15, 0.2) is 30.3 Å². The Morgan fingerprint density at radius 1 is 1.05 bits per heavy atom. The monoisotopic (exact) mass is 279 g/mol. The van der Waals surface area contributed by atoms with Crippen molar-refractivity contribution >= 4 is 0 Å². The third kappa shape index (κ3) is 5.23. The molecule has 3 nitrogen and oxygen atoms in total. The predicted octanol–water partition coefficient (Wildman–Crippen LogP) is 2.94. The smallest absolute Gasteiger partial charge is 0.0688 e. The summed E-state index contributed by atoms with van der Waals surface area (Å²) >= 11 is 0.